The van der Waals surface area contributed by atoms with E-state index in [4.69, 9.17) is 5.73 Å². The summed E-state index contributed by atoms with van der Waals surface area (Å²) in [5.74, 6) is 0.862. The van der Waals surface area contributed by atoms with Gasteiger partial charge in [-0.3, -0.25) is 0 Å². The largest absolute Gasteiger partial charge is 0.327 e. The van der Waals surface area contributed by atoms with Gasteiger partial charge < -0.3 is 5.73 Å². The predicted octanol–water partition coefficient (Wildman–Crippen LogP) is 3.86. The number of hydrogen-bond donors (Lipinski definition) is 1. The molecule has 1 rings (SSSR count). The highest BCUT2D eigenvalue weighted by Crippen LogP contribution is 2.28. The summed E-state index contributed by atoms with van der Waals surface area (Å²) in [5, 5.41) is 0. The monoisotopic (exact) mass is 197 g/mol. The average molecular weight is 197 g/mol. The molecule has 0 radical (unpaired) electrons. The molecule has 0 bridgehead atoms. The molecule has 84 valence electrons. The molecule has 0 aromatic heterocycles. The summed E-state index contributed by atoms with van der Waals surface area (Å²) in [6, 6.07) is 0.533. The summed E-state index contributed by atoms with van der Waals surface area (Å²) < 4.78 is 0. The van der Waals surface area contributed by atoms with E-state index in [0.717, 1.165) is 5.92 Å². The molecule has 1 nitrogen and oxygen atoms in total. The van der Waals surface area contributed by atoms with Crippen molar-refractivity contribution in [2.24, 2.45) is 11.7 Å². The fourth-order valence-electron chi connectivity index (χ4n) is 2.61. The first-order valence-electron chi connectivity index (χ1n) is 6.60. The molecule has 0 heterocycles. The summed E-state index contributed by atoms with van der Waals surface area (Å²) >= 11 is 0. The molecule has 0 aromatic carbocycles. The van der Waals surface area contributed by atoms with E-state index in [-0.39, 0.29) is 0 Å². The van der Waals surface area contributed by atoms with E-state index in [1.54, 1.807) is 0 Å². The predicted molar refractivity (Wildman–Crippen MR) is 63.3 cm³/mol. The quantitative estimate of drug-likeness (QED) is 0.616. The molecule has 0 amide bonds. The second-order valence-electron chi connectivity index (χ2n) is 4.91. The third-order valence-corrected chi connectivity index (χ3v) is 3.65. The molecule has 2 N–H and O–H groups in total. The Hall–Kier alpha value is -0.0400. The van der Waals surface area contributed by atoms with Crippen molar-refractivity contribution in [3.05, 3.63) is 0 Å². The Bertz CT molecular complexity index is 133. The van der Waals surface area contributed by atoms with Crippen molar-refractivity contribution in [3.8, 4) is 0 Å². The Morgan fingerprint density at radius 2 is 1.71 bits per heavy atom. The van der Waals surface area contributed by atoms with Gasteiger partial charge in [-0.2, -0.15) is 0 Å². The molecule has 1 fully saturated rings. The van der Waals surface area contributed by atoms with Crippen LogP contribution in [0.4, 0.5) is 0 Å². The van der Waals surface area contributed by atoms with Crippen LogP contribution in [0.5, 0.6) is 0 Å². The normalized spacial score (nSPS) is 27.0. The zero-order valence-electron chi connectivity index (χ0n) is 9.80. The van der Waals surface area contributed by atoms with Gasteiger partial charge in [0, 0.05) is 6.04 Å². The molecule has 1 aliphatic rings. The SMILES string of the molecule is CCCCCCCC[C@H]1CCC[C@@H]1N. The van der Waals surface area contributed by atoms with Crippen molar-refractivity contribution in [1.82, 2.24) is 0 Å². The Kier molecular flexibility index (Phi) is 6.25. The molecule has 0 unspecified atom stereocenters. The van der Waals surface area contributed by atoms with Crippen LogP contribution in [0.25, 0.3) is 0 Å². The average Bonchev–Trinajstić information content (AvgIpc) is 2.58. The maximum absolute atomic E-state index is 6.04. The first-order valence-corrected chi connectivity index (χ1v) is 6.60. The minimum Gasteiger partial charge on any atom is -0.327 e. The third-order valence-electron chi connectivity index (χ3n) is 3.65. The van der Waals surface area contributed by atoms with Crippen LogP contribution in [0.15, 0.2) is 0 Å². The fraction of sp³-hybridized carbons (Fsp3) is 1.00. The minimum absolute atomic E-state index is 0.533. The van der Waals surface area contributed by atoms with Crippen molar-refractivity contribution < 1.29 is 0 Å². The third kappa shape index (κ3) is 4.45. The van der Waals surface area contributed by atoms with Gasteiger partial charge in [-0.05, 0) is 25.2 Å². The van der Waals surface area contributed by atoms with E-state index >= 15 is 0 Å². The Balaban J connectivity index is 1.88. The highest BCUT2D eigenvalue weighted by Gasteiger charge is 2.22. The van der Waals surface area contributed by atoms with Gasteiger partial charge in [-0.25, -0.2) is 0 Å². The van der Waals surface area contributed by atoms with Crippen LogP contribution in [-0.2, 0) is 0 Å². The Labute approximate surface area is 89.5 Å². The second kappa shape index (κ2) is 7.28. The van der Waals surface area contributed by atoms with E-state index in [1.807, 2.05) is 0 Å². The fourth-order valence-corrected chi connectivity index (χ4v) is 2.61. The van der Waals surface area contributed by atoms with Crippen molar-refractivity contribution in [2.75, 3.05) is 0 Å². The van der Waals surface area contributed by atoms with Crippen LogP contribution in [0.1, 0.15) is 71.1 Å². The summed E-state index contributed by atoms with van der Waals surface area (Å²) in [7, 11) is 0. The van der Waals surface area contributed by atoms with E-state index in [0.29, 0.717) is 6.04 Å². The summed E-state index contributed by atoms with van der Waals surface area (Å²) in [5.41, 5.74) is 6.04. The highest BCUT2D eigenvalue weighted by molar-refractivity contribution is 4.79. The lowest BCUT2D eigenvalue weighted by Gasteiger charge is -2.14. The maximum Gasteiger partial charge on any atom is 0.00671 e. The first kappa shape index (κ1) is 12.0. The van der Waals surface area contributed by atoms with Crippen LogP contribution >= 0.6 is 0 Å². The van der Waals surface area contributed by atoms with Gasteiger partial charge in [0.25, 0.3) is 0 Å². The molecular weight excluding hydrogens is 170 g/mol. The summed E-state index contributed by atoms with van der Waals surface area (Å²) in [6.07, 6.45) is 14.0. The molecule has 1 saturated carbocycles. The van der Waals surface area contributed by atoms with Crippen LogP contribution in [0.2, 0.25) is 0 Å². The first-order chi connectivity index (χ1) is 6.84. The Morgan fingerprint density at radius 1 is 1.00 bits per heavy atom. The van der Waals surface area contributed by atoms with Gasteiger partial charge in [-0.15, -0.1) is 0 Å². The van der Waals surface area contributed by atoms with Crippen molar-refractivity contribution >= 4 is 0 Å². The number of unbranched alkanes of at least 4 members (excludes halogenated alkanes) is 5. The van der Waals surface area contributed by atoms with Crippen molar-refractivity contribution in [3.63, 3.8) is 0 Å². The van der Waals surface area contributed by atoms with Gasteiger partial charge >= 0.3 is 0 Å². The lowest BCUT2D eigenvalue weighted by Crippen LogP contribution is -2.24. The molecule has 14 heavy (non-hydrogen) atoms. The van der Waals surface area contributed by atoms with E-state index in [1.165, 1.54) is 64.2 Å². The molecule has 0 aliphatic heterocycles. The van der Waals surface area contributed by atoms with E-state index < -0.39 is 0 Å². The number of hydrogen-bond acceptors (Lipinski definition) is 1. The van der Waals surface area contributed by atoms with Gasteiger partial charge in [-0.1, -0.05) is 51.9 Å². The van der Waals surface area contributed by atoms with Crippen molar-refractivity contribution in [1.29, 1.82) is 0 Å². The van der Waals surface area contributed by atoms with Gasteiger partial charge in [0.1, 0.15) is 0 Å². The van der Waals surface area contributed by atoms with Crippen LogP contribution in [-0.4, -0.2) is 6.04 Å². The van der Waals surface area contributed by atoms with Crippen LogP contribution in [0, 0.1) is 5.92 Å². The zero-order valence-corrected chi connectivity index (χ0v) is 9.80. The van der Waals surface area contributed by atoms with Crippen molar-refractivity contribution in [2.45, 2.75) is 77.2 Å². The second-order valence-corrected chi connectivity index (χ2v) is 4.91. The van der Waals surface area contributed by atoms with E-state index in [2.05, 4.69) is 6.92 Å². The molecule has 1 aliphatic carbocycles. The maximum atomic E-state index is 6.04. The lowest BCUT2D eigenvalue weighted by molar-refractivity contribution is 0.420. The van der Waals surface area contributed by atoms with Crippen LogP contribution in [0.3, 0.4) is 0 Å². The molecule has 2 atom stereocenters. The Morgan fingerprint density at radius 3 is 2.36 bits per heavy atom. The summed E-state index contributed by atoms with van der Waals surface area (Å²) in [6.45, 7) is 2.28. The molecule has 0 saturated heterocycles. The minimum atomic E-state index is 0.533. The summed E-state index contributed by atoms with van der Waals surface area (Å²) in [4.78, 5) is 0. The van der Waals surface area contributed by atoms with Gasteiger partial charge in [0.2, 0.25) is 0 Å². The number of rotatable bonds is 7. The smallest absolute Gasteiger partial charge is 0.00671 e. The van der Waals surface area contributed by atoms with E-state index in [9.17, 15) is 0 Å². The zero-order chi connectivity index (χ0) is 10.2. The molecule has 1 heteroatoms. The topological polar surface area (TPSA) is 26.0 Å². The molecular formula is C13H27N. The molecule has 0 spiro atoms. The molecule has 0 aromatic rings. The van der Waals surface area contributed by atoms with Gasteiger partial charge in [0.05, 0.1) is 0 Å². The van der Waals surface area contributed by atoms with Gasteiger partial charge in [0.15, 0.2) is 0 Å². The standard InChI is InChI=1S/C13H27N/c1-2-3-4-5-6-7-9-12-10-8-11-13(12)14/h12-13H,2-11,14H2,1H3/t12-,13-/m0/s1. The number of nitrogens with two attached hydrogens (primary N) is 1. The highest BCUT2D eigenvalue weighted by atomic mass is 14.7. The lowest BCUT2D eigenvalue weighted by atomic mass is 9.96. The van der Waals surface area contributed by atoms with Crippen LogP contribution < -0.4 is 5.73 Å².